The zero-order valence-electron chi connectivity index (χ0n) is 29.9. The monoisotopic (exact) mass is 657 g/mol. The topological polar surface area (TPSA) is 95.7 Å². The fourth-order valence-electron chi connectivity index (χ4n) is 13.3. The van der Waals surface area contributed by atoms with Gasteiger partial charge in [-0.05, 0) is 135 Å². The van der Waals surface area contributed by atoms with E-state index in [-0.39, 0.29) is 53.1 Å². The molecule has 8 rings (SSSR count). The highest BCUT2D eigenvalue weighted by atomic mass is 16.7. The first kappa shape index (κ1) is 32.3. The van der Waals surface area contributed by atoms with Crippen LogP contribution in [-0.4, -0.2) is 39.0 Å². The Labute approximate surface area is 286 Å². The fraction of sp³-hybridized carbons (Fsp3) is 0.725. The molecule has 0 spiro atoms. The van der Waals surface area contributed by atoms with Crippen molar-refractivity contribution in [1.29, 1.82) is 0 Å². The average molecular weight is 658 g/mol. The van der Waals surface area contributed by atoms with Crippen LogP contribution in [0.4, 0.5) is 0 Å². The lowest BCUT2D eigenvalue weighted by Crippen LogP contribution is -2.67. The van der Waals surface area contributed by atoms with Gasteiger partial charge in [-0.1, -0.05) is 52.0 Å². The van der Waals surface area contributed by atoms with Crippen LogP contribution in [0.2, 0.25) is 0 Å². The van der Waals surface area contributed by atoms with Gasteiger partial charge < -0.3 is 19.3 Å². The molecule has 260 valence electrons. The summed E-state index contributed by atoms with van der Waals surface area (Å²) in [5, 5.41) is 19.7. The van der Waals surface area contributed by atoms with Crippen molar-refractivity contribution in [1.82, 2.24) is 15.0 Å². The van der Waals surface area contributed by atoms with Crippen LogP contribution < -0.4 is 9.47 Å². The molecule has 0 radical (unpaired) electrons. The van der Waals surface area contributed by atoms with Crippen LogP contribution in [0.25, 0.3) is 5.69 Å². The predicted octanol–water partition coefficient (Wildman–Crippen LogP) is 8.06. The Morgan fingerprint density at radius 2 is 1.75 bits per heavy atom. The predicted molar refractivity (Wildman–Crippen MR) is 182 cm³/mol. The minimum Gasteiger partial charge on any atom is -0.459 e. The van der Waals surface area contributed by atoms with E-state index in [9.17, 15) is 9.90 Å². The number of aromatic nitrogens is 3. The van der Waals surface area contributed by atoms with Crippen LogP contribution in [0.15, 0.2) is 36.5 Å². The van der Waals surface area contributed by atoms with E-state index in [0.29, 0.717) is 35.1 Å². The van der Waals surface area contributed by atoms with E-state index in [4.69, 9.17) is 14.2 Å². The van der Waals surface area contributed by atoms with Gasteiger partial charge in [-0.3, -0.25) is 4.79 Å². The highest BCUT2D eigenvalue weighted by Gasteiger charge is 2.72. The maximum atomic E-state index is 14.5. The fourth-order valence-corrected chi connectivity index (χ4v) is 13.3. The lowest BCUT2D eigenvalue weighted by molar-refractivity contribution is -0.248. The van der Waals surface area contributed by atoms with Gasteiger partial charge in [0.25, 0.3) is 0 Å². The molecule has 2 aromatic rings. The molecule has 0 unspecified atom stereocenters. The Morgan fingerprint density at radius 1 is 0.958 bits per heavy atom. The van der Waals surface area contributed by atoms with Gasteiger partial charge in [-0.2, -0.15) is 0 Å². The molecule has 5 aliphatic carbocycles. The molecule has 6 aliphatic rings. The summed E-state index contributed by atoms with van der Waals surface area (Å²) in [7, 11) is 0. The van der Waals surface area contributed by atoms with Gasteiger partial charge in [-0.15, -0.1) is 5.10 Å². The number of esters is 1. The molecule has 5 fully saturated rings. The second-order valence-electron chi connectivity index (χ2n) is 18.0. The van der Waals surface area contributed by atoms with Gasteiger partial charge in [0.15, 0.2) is 11.5 Å². The Morgan fingerprint density at radius 3 is 2.54 bits per heavy atom. The lowest BCUT2D eigenvalue weighted by Gasteiger charge is -2.72. The van der Waals surface area contributed by atoms with Crippen LogP contribution in [-0.2, 0) is 16.1 Å². The van der Waals surface area contributed by atoms with Crippen molar-refractivity contribution in [3.63, 3.8) is 0 Å². The van der Waals surface area contributed by atoms with E-state index in [0.717, 1.165) is 56.4 Å². The smallest absolute Gasteiger partial charge is 0.312 e. The number of fused-ring (bicyclic) bond motifs is 8. The lowest BCUT2D eigenvalue weighted by atomic mass is 9.32. The van der Waals surface area contributed by atoms with Crippen molar-refractivity contribution in [3.8, 4) is 17.2 Å². The molecular weight excluding hydrogens is 602 g/mol. The second-order valence-corrected chi connectivity index (χ2v) is 18.0. The molecule has 5 saturated carbocycles. The number of allylic oxidation sites excluding steroid dienone is 1. The number of carbonyl (C=O) groups excluding carboxylic acids is 1. The van der Waals surface area contributed by atoms with E-state index in [1.165, 1.54) is 24.8 Å². The third kappa shape index (κ3) is 4.32. The Hall–Kier alpha value is -2.87. The molecule has 1 aromatic carbocycles. The second kappa shape index (κ2) is 10.8. The standard InChI is InChI=1S/C40H55N3O5/c1-24(2)27-12-17-40(35(45)46-22-25-21-43(42-41-25)26-8-10-29-30(20-26)48-23-47-29)19-18-38(6)28(34(27)40)9-11-32-37(5)15-14-33(44)36(3,4)31(37)13-16-39(32,38)7/h8,10,20-21,27-28,31-34,44H,1,9,11-19,22-23H2,2-7H3/t27-,28+,31-,32+,33-,34+,37-,38+,39+,40-/m0/s1. The van der Waals surface area contributed by atoms with Crippen LogP contribution in [0.5, 0.6) is 11.5 Å². The number of rotatable bonds is 5. The molecule has 0 saturated heterocycles. The summed E-state index contributed by atoms with van der Waals surface area (Å²) in [5.74, 6) is 3.57. The van der Waals surface area contributed by atoms with Crippen molar-refractivity contribution in [2.24, 2.45) is 56.7 Å². The zero-order valence-corrected chi connectivity index (χ0v) is 29.9. The molecule has 1 N–H and O–H groups in total. The summed E-state index contributed by atoms with van der Waals surface area (Å²) < 4.78 is 18.9. The zero-order chi connectivity index (χ0) is 33.9. The molecular formula is C40H55N3O5. The number of carbonyl (C=O) groups is 1. The highest BCUT2D eigenvalue weighted by molar-refractivity contribution is 5.78. The molecule has 8 heteroatoms. The first-order chi connectivity index (χ1) is 22.7. The molecule has 0 bridgehead atoms. The Kier molecular flexibility index (Phi) is 7.29. The highest BCUT2D eigenvalue weighted by Crippen LogP contribution is 2.77. The number of nitrogens with zero attached hydrogens (tertiary/aromatic N) is 3. The van der Waals surface area contributed by atoms with E-state index in [1.54, 1.807) is 4.68 Å². The normalized spacial score (nSPS) is 42.2. The van der Waals surface area contributed by atoms with Crippen LogP contribution >= 0.6 is 0 Å². The van der Waals surface area contributed by atoms with Crippen LogP contribution in [0.3, 0.4) is 0 Å². The van der Waals surface area contributed by atoms with Crippen molar-refractivity contribution < 1.29 is 24.1 Å². The van der Waals surface area contributed by atoms with Crippen LogP contribution in [0, 0.1) is 56.7 Å². The van der Waals surface area contributed by atoms with Crippen molar-refractivity contribution in [2.75, 3.05) is 6.79 Å². The summed E-state index contributed by atoms with van der Waals surface area (Å²) in [6.07, 6.45) is 12.2. The number of aliphatic hydroxyl groups is 1. The van der Waals surface area contributed by atoms with Gasteiger partial charge in [0, 0.05) is 6.07 Å². The number of hydrogen-bond acceptors (Lipinski definition) is 7. The maximum absolute atomic E-state index is 14.5. The molecule has 1 aromatic heterocycles. The molecule has 48 heavy (non-hydrogen) atoms. The van der Waals surface area contributed by atoms with E-state index >= 15 is 0 Å². The third-order valence-electron chi connectivity index (χ3n) is 16.0. The van der Waals surface area contributed by atoms with E-state index in [2.05, 4.69) is 58.4 Å². The summed E-state index contributed by atoms with van der Waals surface area (Å²) in [6, 6.07) is 5.66. The van der Waals surface area contributed by atoms with Crippen LogP contribution in [0.1, 0.15) is 111 Å². The van der Waals surface area contributed by atoms with Crippen molar-refractivity contribution >= 4 is 5.97 Å². The summed E-state index contributed by atoms with van der Waals surface area (Å²) >= 11 is 0. The van der Waals surface area contributed by atoms with E-state index < -0.39 is 5.41 Å². The average Bonchev–Trinajstić information content (AvgIpc) is 3.81. The molecule has 8 nitrogen and oxygen atoms in total. The number of aliphatic hydroxyl groups excluding tert-OH is 1. The molecule has 2 heterocycles. The minimum atomic E-state index is -0.484. The van der Waals surface area contributed by atoms with Crippen molar-refractivity contribution in [3.05, 3.63) is 42.2 Å². The van der Waals surface area contributed by atoms with Gasteiger partial charge in [-0.25, -0.2) is 4.68 Å². The molecule has 1 aliphatic heterocycles. The quantitative estimate of drug-likeness (QED) is 0.257. The van der Waals surface area contributed by atoms with Gasteiger partial charge in [0.1, 0.15) is 12.3 Å². The Bertz CT molecular complexity index is 1630. The first-order valence-electron chi connectivity index (χ1n) is 18.6. The van der Waals surface area contributed by atoms with Crippen molar-refractivity contribution in [2.45, 2.75) is 118 Å². The molecule has 0 amide bonds. The van der Waals surface area contributed by atoms with Gasteiger partial charge in [0.2, 0.25) is 6.79 Å². The van der Waals surface area contributed by atoms with Gasteiger partial charge in [0.05, 0.1) is 23.4 Å². The van der Waals surface area contributed by atoms with Gasteiger partial charge >= 0.3 is 5.97 Å². The first-order valence-corrected chi connectivity index (χ1v) is 18.6. The molecule has 10 atom stereocenters. The summed E-state index contributed by atoms with van der Waals surface area (Å²) in [5.41, 5.74) is 2.70. The maximum Gasteiger partial charge on any atom is 0.312 e. The summed E-state index contributed by atoms with van der Waals surface area (Å²) in [6.45, 7) is 19.5. The number of ether oxygens (including phenoxy) is 3. The minimum absolute atomic E-state index is 0.0517. The third-order valence-corrected chi connectivity index (χ3v) is 16.0. The van der Waals surface area contributed by atoms with E-state index in [1.807, 2.05) is 24.4 Å². The number of hydrogen-bond donors (Lipinski definition) is 1. The summed E-state index contributed by atoms with van der Waals surface area (Å²) in [4.78, 5) is 14.5. The number of benzene rings is 1. The Balaban J connectivity index is 1.05. The SMILES string of the molecule is C=C(C)[C@@H]1CC[C@]2(C(=O)OCc3cn(-c4ccc5c(c4)OCO5)nn3)CC[C@]3(C)[C@H](CC[C@@H]4[C@@]5(C)CC[C@H](O)C(C)(C)[C@@H]5CC[C@]43C)[C@@H]12. The largest absolute Gasteiger partial charge is 0.459 e.